The Labute approximate surface area is 83.0 Å². The summed E-state index contributed by atoms with van der Waals surface area (Å²) < 4.78 is 0. The number of hydrogen-bond acceptors (Lipinski definition) is 1. The molecule has 1 aliphatic carbocycles. The molecule has 2 aromatic rings. The predicted molar refractivity (Wildman–Crippen MR) is 57.6 cm³/mol. The van der Waals surface area contributed by atoms with Gasteiger partial charge in [0, 0.05) is 5.39 Å². The Morgan fingerprint density at radius 2 is 1.71 bits per heavy atom. The third-order valence-electron chi connectivity index (χ3n) is 3.08. The van der Waals surface area contributed by atoms with Crippen LogP contribution < -0.4 is 0 Å². The van der Waals surface area contributed by atoms with E-state index in [1.165, 1.54) is 22.9 Å². The van der Waals surface area contributed by atoms with E-state index in [1.54, 1.807) is 0 Å². The van der Waals surface area contributed by atoms with E-state index in [0.717, 1.165) is 18.2 Å². The van der Waals surface area contributed by atoms with Gasteiger partial charge in [-0.15, -0.1) is 0 Å². The van der Waals surface area contributed by atoms with Crippen molar-refractivity contribution in [1.82, 2.24) is 0 Å². The van der Waals surface area contributed by atoms with Crippen LogP contribution in [0, 0.1) is 0 Å². The molecule has 70 valence electrons. The maximum atomic E-state index is 9.74. The minimum atomic E-state index is 0.410. The summed E-state index contributed by atoms with van der Waals surface area (Å²) in [6.45, 7) is 0. The zero-order chi connectivity index (χ0) is 9.54. The van der Waals surface area contributed by atoms with Crippen LogP contribution in [0.5, 0.6) is 5.75 Å². The molecule has 0 spiro atoms. The minimum absolute atomic E-state index is 0.410. The highest BCUT2D eigenvalue weighted by Crippen LogP contribution is 2.34. The number of aromatic hydroxyl groups is 1. The fourth-order valence-electron chi connectivity index (χ4n) is 2.43. The monoisotopic (exact) mass is 184 g/mol. The Balaban J connectivity index is 2.51. The van der Waals surface area contributed by atoms with Gasteiger partial charge in [0.25, 0.3) is 0 Å². The average molecular weight is 184 g/mol. The largest absolute Gasteiger partial charge is 0.507 e. The van der Waals surface area contributed by atoms with Gasteiger partial charge < -0.3 is 5.11 Å². The van der Waals surface area contributed by atoms with Crippen LogP contribution in [0.4, 0.5) is 0 Å². The molecule has 1 aliphatic rings. The van der Waals surface area contributed by atoms with E-state index < -0.39 is 0 Å². The molecule has 2 aromatic carbocycles. The Kier molecular flexibility index (Phi) is 1.54. The van der Waals surface area contributed by atoms with Gasteiger partial charge >= 0.3 is 0 Å². The van der Waals surface area contributed by atoms with Gasteiger partial charge in [-0.05, 0) is 41.8 Å². The first-order chi connectivity index (χ1) is 6.86. The van der Waals surface area contributed by atoms with Crippen molar-refractivity contribution in [3.05, 3.63) is 41.5 Å². The fourth-order valence-corrected chi connectivity index (χ4v) is 2.43. The topological polar surface area (TPSA) is 20.2 Å². The number of benzene rings is 2. The summed E-state index contributed by atoms with van der Waals surface area (Å²) in [7, 11) is 0. The van der Waals surface area contributed by atoms with Gasteiger partial charge in [-0.2, -0.15) is 0 Å². The van der Waals surface area contributed by atoms with Crippen molar-refractivity contribution in [2.45, 2.75) is 19.3 Å². The lowest BCUT2D eigenvalue weighted by Crippen LogP contribution is -2.00. The van der Waals surface area contributed by atoms with E-state index in [1.807, 2.05) is 18.2 Å². The van der Waals surface area contributed by atoms with E-state index in [2.05, 4.69) is 12.1 Å². The lowest BCUT2D eigenvalue weighted by atomic mass is 9.88. The molecule has 0 aliphatic heterocycles. The molecule has 0 amide bonds. The normalized spacial score (nSPS) is 14.6. The van der Waals surface area contributed by atoms with Crippen LogP contribution in [0.15, 0.2) is 30.3 Å². The molecule has 14 heavy (non-hydrogen) atoms. The van der Waals surface area contributed by atoms with Crippen LogP contribution in [0.25, 0.3) is 10.8 Å². The minimum Gasteiger partial charge on any atom is -0.507 e. The van der Waals surface area contributed by atoms with Gasteiger partial charge in [0.15, 0.2) is 0 Å². The molecule has 0 bridgehead atoms. The number of hydrogen-bond donors (Lipinski definition) is 1. The molecule has 0 fully saturated rings. The van der Waals surface area contributed by atoms with Crippen LogP contribution >= 0.6 is 0 Å². The van der Waals surface area contributed by atoms with Gasteiger partial charge in [0.05, 0.1) is 0 Å². The first kappa shape index (κ1) is 7.86. The van der Waals surface area contributed by atoms with Gasteiger partial charge in [-0.25, -0.2) is 0 Å². The van der Waals surface area contributed by atoms with Gasteiger partial charge in [0.1, 0.15) is 5.75 Å². The molecule has 0 unspecified atom stereocenters. The number of rotatable bonds is 0. The lowest BCUT2D eigenvalue weighted by Gasteiger charge is -2.17. The highest BCUT2D eigenvalue weighted by molar-refractivity contribution is 5.93. The number of phenolic OH excluding ortho intramolecular Hbond substituents is 1. The molecule has 3 rings (SSSR count). The lowest BCUT2D eigenvalue weighted by molar-refractivity contribution is 0.481. The summed E-state index contributed by atoms with van der Waals surface area (Å²) in [4.78, 5) is 0. The summed E-state index contributed by atoms with van der Waals surface area (Å²) in [6, 6.07) is 10.1. The van der Waals surface area contributed by atoms with Crippen LogP contribution in [-0.4, -0.2) is 5.11 Å². The first-order valence-corrected chi connectivity index (χ1v) is 5.09. The summed E-state index contributed by atoms with van der Waals surface area (Å²) >= 11 is 0. The molecular formula is C13H12O. The summed E-state index contributed by atoms with van der Waals surface area (Å²) in [6.07, 6.45) is 3.53. The molecule has 0 heterocycles. The van der Waals surface area contributed by atoms with Gasteiger partial charge in [-0.1, -0.05) is 24.3 Å². The molecule has 0 atom stereocenters. The van der Waals surface area contributed by atoms with Crippen molar-refractivity contribution in [1.29, 1.82) is 0 Å². The molecule has 0 radical (unpaired) electrons. The van der Waals surface area contributed by atoms with Crippen LogP contribution in [-0.2, 0) is 12.8 Å². The molecule has 0 aromatic heterocycles. The molecule has 0 saturated carbocycles. The van der Waals surface area contributed by atoms with Crippen molar-refractivity contribution in [2.75, 3.05) is 0 Å². The summed E-state index contributed by atoms with van der Waals surface area (Å²) in [5, 5.41) is 12.0. The third-order valence-corrected chi connectivity index (χ3v) is 3.08. The van der Waals surface area contributed by atoms with Crippen molar-refractivity contribution < 1.29 is 5.11 Å². The first-order valence-electron chi connectivity index (χ1n) is 5.09. The van der Waals surface area contributed by atoms with Crippen molar-refractivity contribution >= 4 is 10.8 Å². The van der Waals surface area contributed by atoms with E-state index in [9.17, 15) is 5.11 Å². The Morgan fingerprint density at radius 1 is 0.929 bits per heavy atom. The van der Waals surface area contributed by atoms with Gasteiger partial charge in [-0.3, -0.25) is 0 Å². The summed E-state index contributed by atoms with van der Waals surface area (Å²) in [5.41, 5.74) is 2.78. The maximum Gasteiger partial charge on any atom is 0.123 e. The molecular weight excluding hydrogens is 172 g/mol. The van der Waals surface area contributed by atoms with Crippen LogP contribution in [0.1, 0.15) is 17.5 Å². The second-order valence-corrected chi connectivity index (χ2v) is 3.94. The van der Waals surface area contributed by atoms with Crippen molar-refractivity contribution in [3.63, 3.8) is 0 Å². The molecule has 1 nitrogen and oxygen atoms in total. The van der Waals surface area contributed by atoms with Gasteiger partial charge in [0.2, 0.25) is 0 Å². The average Bonchev–Trinajstić information content (AvgIpc) is 2.24. The van der Waals surface area contributed by atoms with E-state index >= 15 is 0 Å². The number of aryl methyl sites for hydroxylation is 2. The van der Waals surface area contributed by atoms with Crippen molar-refractivity contribution in [2.24, 2.45) is 0 Å². The van der Waals surface area contributed by atoms with Crippen LogP contribution in [0.3, 0.4) is 0 Å². The second kappa shape index (κ2) is 2.74. The smallest absolute Gasteiger partial charge is 0.123 e. The Bertz CT molecular complexity index is 490. The predicted octanol–water partition coefficient (Wildman–Crippen LogP) is 3.03. The second-order valence-electron chi connectivity index (χ2n) is 3.94. The van der Waals surface area contributed by atoms with Crippen molar-refractivity contribution in [3.8, 4) is 5.75 Å². The fraction of sp³-hybridized carbons (Fsp3) is 0.231. The Hall–Kier alpha value is -1.50. The maximum absolute atomic E-state index is 9.74. The molecule has 1 N–H and O–H groups in total. The zero-order valence-electron chi connectivity index (χ0n) is 7.96. The molecule has 1 heteroatoms. The van der Waals surface area contributed by atoms with Crippen LogP contribution in [0.2, 0.25) is 0 Å². The quantitative estimate of drug-likeness (QED) is 0.667. The highest BCUT2D eigenvalue weighted by Gasteiger charge is 2.13. The third kappa shape index (κ3) is 0.955. The van der Waals surface area contributed by atoms with E-state index in [0.29, 0.717) is 5.75 Å². The SMILES string of the molecule is Oc1ccc2c3c(cccc13)CCC2. The zero-order valence-corrected chi connectivity index (χ0v) is 7.96. The molecule has 0 saturated heterocycles. The number of phenols is 1. The Morgan fingerprint density at radius 3 is 2.57 bits per heavy atom. The highest BCUT2D eigenvalue weighted by atomic mass is 16.3. The summed E-state index contributed by atoms with van der Waals surface area (Å²) in [5.74, 6) is 0.410. The standard InChI is InChI=1S/C13H12O/c14-12-8-7-10-4-1-3-9-5-2-6-11(12)13(9)10/h2,5-8,14H,1,3-4H2. The van der Waals surface area contributed by atoms with E-state index in [-0.39, 0.29) is 0 Å². The van der Waals surface area contributed by atoms with E-state index in [4.69, 9.17) is 0 Å².